The Kier molecular flexibility index (Phi) is 14.0. The van der Waals surface area contributed by atoms with Gasteiger partial charge in [0, 0.05) is 19.5 Å². The number of benzene rings is 2. The van der Waals surface area contributed by atoms with E-state index < -0.39 is 60.2 Å². The Bertz CT molecular complexity index is 1480. The fourth-order valence-corrected chi connectivity index (χ4v) is 4.87. The second-order valence-electron chi connectivity index (χ2n) is 11.1. The molecule has 0 aromatic heterocycles. The molecule has 2 aromatic carbocycles. The summed E-state index contributed by atoms with van der Waals surface area (Å²) in [4.78, 5) is 75.4. The fourth-order valence-electron chi connectivity index (χ4n) is 4.87. The molecule has 1 aliphatic heterocycles. The number of phenols is 1. The number of nitrogens with one attached hydrogen (secondary N) is 5. The number of phenolic OH excluding ortho intramolecular Hbond substituents is 1. The molecule has 0 radical (unpaired) electrons. The smallest absolute Gasteiger partial charge is 0.247 e. The number of aliphatic imine (C=N–C) groups is 2. The van der Waals surface area contributed by atoms with Crippen LogP contribution in [0.1, 0.15) is 42.9 Å². The van der Waals surface area contributed by atoms with Gasteiger partial charge in [-0.25, -0.2) is 0 Å². The molecule has 17 heteroatoms. The van der Waals surface area contributed by atoms with Crippen molar-refractivity contribution in [3.63, 3.8) is 0 Å². The highest BCUT2D eigenvalue weighted by Crippen LogP contribution is 2.15. The van der Waals surface area contributed by atoms with Crippen LogP contribution in [-0.4, -0.2) is 84.3 Å². The lowest BCUT2D eigenvalue weighted by Crippen LogP contribution is -2.57. The Labute approximate surface area is 277 Å². The number of carbonyl (C=O) groups is 5. The summed E-state index contributed by atoms with van der Waals surface area (Å²) in [6.07, 6.45) is 0.710. The number of rotatable bonds is 11. The zero-order valence-corrected chi connectivity index (χ0v) is 26.4. The summed E-state index contributed by atoms with van der Waals surface area (Å²) < 4.78 is 0. The number of hydrogen-bond acceptors (Lipinski definition) is 8. The van der Waals surface area contributed by atoms with Crippen molar-refractivity contribution in [2.24, 2.45) is 32.9 Å². The first-order valence-corrected chi connectivity index (χ1v) is 15.3. The monoisotopic (exact) mass is 665 g/mol. The number of carbonyl (C=O) groups excluding carboxylic acids is 5. The molecule has 4 atom stereocenters. The van der Waals surface area contributed by atoms with Crippen LogP contribution in [0.2, 0.25) is 0 Å². The molecule has 2 aromatic rings. The Morgan fingerprint density at radius 1 is 0.667 bits per heavy atom. The van der Waals surface area contributed by atoms with Crippen molar-refractivity contribution in [2.45, 2.75) is 56.3 Å². The molecule has 3 rings (SSSR count). The maximum Gasteiger partial charge on any atom is 0.247 e. The van der Waals surface area contributed by atoms with Crippen LogP contribution in [-0.2, 0) is 30.4 Å². The molecule has 1 aliphatic rings. The first kappa shape index (κ1) is 36.6. The lowest BCUT2D eigenvalue weighted by Gasteiger charge is -2.26. The van der Waals surface area contributed by atoms with Crippen LogP contribution in [0.25, 0.3) is 0 Å². The van der Waals surface area contributed by atoms with Gasteiger partial charge >= 0.3 is 0 Å². The maximum absolute atomic E-state index is 13.8. The van der Waals surface area contributed by atoms with Crippen molar-refractivity contribution in [2.75, 3.05) is 19.6 Å². The molecule has 48 heavy (non-hydrogen) atoms. The van der Waals surface area contributed by atoms with Gasteiger partial charge < -0.3 is 54.6 Å². The van der Waals surface area contributed by atoms with E-state index in [1.54, 1.807) is 42.5 Å². The van der Waals surface area contributed by atoms with Gasteiger partial charge in [-0.05, 0) is 48.9 Å². The number of hydrogen-bond donors (Lipinski definition) is 10. The molecule has 1 heterocycles. The maximum atomic E-state index is 13.8. The second-order valence-corrected chi connectivity index (χ2v) is 11.1. The van der Waals surface area contributed by atoms with Crippen LogP contribution >= 0.6 is 0 Å². The van der Waals surface area contributed by atoms with Crippen molar-refractivity contribution < 1.29 is 29.1 Å². The van der Waals surface area contributed by atoms with Gasteiger partial charge in [-0.3, -0.25) is 34.0 Å². The van der Waals surface area contributed by atoms with Crippen molar-refractivity contribution in [3.05, 3.63) is 65.7 Å². The Hall–Kier alpha value is -5.87. The summed E-state index contributed by atoms with van der Waals surface area (Å²) in [5.41, 5.74) is 22.7. The summed E-state index contributed by atoms with van der Waals surface area (Å²) >= 11 is 0. The van der Waals surface area contributed by atoms with Gasteiger partial charge in [0.2, 0.25) is 29.5 Å². The van der Waals surface area contributed by atoms with Crippen molar-refractivity contribution in [3.8, 4) is 5.75 Å². The highest BCUT2D eigenvalue weighted by molar-refractivity contribution is 5.97. The molecule has 1 fully saturated rings. The van der Waals surface area contributed by atoms with Gasteiger partial charge in [0.25, 0.3) is 0 Å². The lowest BCUT2D eigenvalue weighted by molar-refractivity contribution is -0.134. The van der Waals surface area contributed by atoms with E-state index in [-0.39, 0.29) is 62.9 Å². The van der Waals surface area contributed by atoms with E-state index in [9.17, 15) is 29.1 Å². The van der Waals surface area contributed by atoms with Crippen molar-refractivity contribution in [1.29, 1.82) is 0 Å². The van der Waals surface area contributed by atoms with Gasteiger partial charge in [-0.15, -0.1) is 0 Å². The van der Waals surface area contributed by atoms with Crippen molar-refractivity contribution >= 4 is 41.5 Å². The molecule has 14 N–H and O–H groups in total. The predicted molar refractivity (Wildman–Crippen MR) is 178 cm³/mol. The zero-order valence-electron chi connectivity index (χ0n) is 26.4. The fraction of sp³-hybridized carbons (Fsp3) is 0.387. The number of amides is 5. The molecule has 258 valence electrons. The van der Waals surface area contributed by atoms with E-state index in [0.717, 1.165) is 0 Å². The van der Waals surface area contributed by atoms with Gasteiger partial charge in [0.15, 0.2) is 11.9 Å². The highest BCUT2D eigenvalue weighted by atomic mass is 16.3. The average Bonchev–Trinajstić information content (AvgIpc) is 3.05. The third kappa shape index (κ3) is 12.1. The molecule has 5 amide bonds. The van der Waals surface area contributed by atoms with E-state index >= 15 is 0 Å². The highest BCUT2D eigenvalue weighted by Gasteiger charge is 2.32. The Balaban J connectivity index is 1.99. The van der Waals surface area contributed by atoms with Crippen LogP contribution < -0.4 is 49.5 Å². The molecule has 0 bridgehead atoms. The number of nitrogens with two attached hydrogens (primary N) is 4. The minimum atomic E-state index is -1.23. The summed E-state index contributed by atoms with van der Waals surface area (Å²) in [6, 6.07) is 9.66. The van der Waals surface area contributed by atoms with Crippen LogP contribution in [0.5, 0.6) is 5.75 Å². The average molecular weight is 666 g/mol. The van der Waals surface area contributed by atoms with Crippen LogP contribution in [0, 0.1) is 0 Å². The molecule has 0 unspecified atom stereocenters. The van der Waals surface area contributed by atoms with Gasteiger partial charge in [-0.1, -0.05) is 42.5 Å². The van der Waals surface area contributed by atoms with E-state index in [2.05, 4.69) is 36.6 Å². The minimum absolute atomic E-state index is 0.00572. The molecule has 1 saturated heterocycles. The van der Waals surface area contributed by atoms with Gasteiger partial charge in [0.05, 0.1) is 6.54 Å². The molecule has 0 spiro atoms. The van der Waals surface area contributed by atoms with Crippen molar-refractivity contribution in [1.82, 2.24) is 26.6 Å². The Morgan fingerprint density at radius 2 is 1.19 bits per heavy atom. The van der Waals surface area contributed by atoms with E-state index in [4.69, 9.17) is 22.9 Å². The topological polar surface area (TPSA) is 295 Å². The normalized spacial score (nSPS) is 20.8. The molecule has 0 aliphatic carbocycles. The van der Waals surface area contributed by atoms with E-state index in [1.165, 1.54) is 12.1 Å². The molecular formula is C31H43N11O6. The predicted octanol–water partition coefficient (Wildman–Crippen LogP) is -2.52. The number of nitrogens with zero attached hydrogens (tertiary/aromatic N) is 2. The SMILES string of the molecule is NC(N)=NCCC[C@@H]1NC(=O)[C@H](CCCN=C(N)N)NC(=O)[C@@H](Cc2ccc(O)cc2)NC(=O)CNC(=O)[C@H](c2ccccc2)NC1=O. The van der Waals surface area contributed by atoms with E-state index in [1.807, 2.05) is 0 Å². The molecule has 17 nitrogen and oxygen atoms in total. The first-order chi connectivity index (χ1) is 22.9. The van der Waals surface area contributed by atoms with Crippen LogP contribution in [0.15, 0.2) is 64.6 Å². The summed E-state index contributed by atoms with van der Waals surface area (Å²) in [5.74, 6) is -3.73. The molecular weight excluding hydrogens is 622 g/mol. The van der Waals surface area contributed by atoms with E-state index in [0.29, 0.717) is 11.1 Å². The number of aromatic hydroxyl groups is 1. The second kappa shape index (κ2) is 18.3. The van der Waals surface area contributed by atoms with Crippen LogP contribution in [0.3, 0.4) is 0 Å². The molecule has 0 saturated carbocycles. The lowest BCUT2D eigenvalue weighted by atomic mass is 10.0. The van der Waals surface area contributed by atoms with Crippen LogP contribution in [0.4, 0.5) is 0 Å². The first-order valence-electron chi connectivity index (χ1n) is 15.3. The minimum Gasteiger partial charge on any atom is -0.508 e. The zero-order chi connectivity index (χ0) is 35.1. The standard InChI is InChI=1S/C31H43N11O6/c32-30(33)36-14-4-8-21-26(45)40-22(9-5-15-37-31(34)35)27(46)42-25(19-6-2-1-3-7-19)29(48)38-17-24(44)39-23(28(47)41-21)16-18-10-12-20(43)13-11-18/h1-3,6-7,10-13,21-23,25,43H,4-5,8-9,14-17H2,(H,38,48)(H,39,44)(H,40,45)(H,41,47)(H,42,46)(H4,32,33,36)(H4,34,35,37)/t21-,22-,23+,25-/m0/s1. The number of guanidine groups is 2. The summed E-state index contributed by atoms with van der Waals surface area (Å²) in [7, 11) is 0. The Morgan fingerprint density at radius 3 is 1.73 bits per heavy atom. The summed E-state index contributed by atoms with van der Waals surface area (Å²) in [5, 5.41) is 22.9. The quantitative estimate of drug-likeness (QED) is 0.0683. The van der Waals surface area contributed by atoms with Gasteiger partial charge in [-0.2, -0.15) is 0 Å². The third-order valence-electron chi connectivity index (χ3n) is 7.29. The summed E-state index contributed by atoms with van der Waals surface area (Å²) in [6.45, 7) is -0.195. The van der Waals surface area contributed by atoms with Gasteiger partial charge in [0.1, 0.15) is 29.9 Å². The largest absolute Gasteiger partial charge is 0.508 e. The third-order valence-corrected chi connectivity index (χ3v) is 7.29.